The van der Waals surface area contributed by atoms with Crippen LogP contribution < -0.4 is 4.90 Å². The maximum absolute atomic E-state index is 13.2. The summed E-state index contributed by atoms with van der Waals surface area (Å²) in [5.41, 5.74) is 0.166. The van der Waals surface area contributed by atoms with E-state index in [1.807, 2.05) is 42.5 Å². The van der Waals surface area contributed by atoms with Gasteiger partial charge in [0, 0.05) is 25.8 Å². The lowest BCUT2D eigenvalue weighted by atomic mass is 9.76. The van der Waals surface area contributed by atoms with Gasteiger partial charge in [-0.3, -0.25) is 14.4 Å². The first-order chi connectivity index (χ1) is 13.0. The van der Waals surface area contributed by atoms with Crippen LogP contribution in [0.5, 0.6) is 0 Å². The molecule has 3 saturated heterocycles. The summed E-state index contributed by atoms with van der Waals surface area (Å²) in [5, 5.41) is 0. The van der Waals surface area contributed by atoms with E-state index in [9.17, 15) is 14.4 Å². The lowest BCUT2D eigenvalue weighted by molar-refractivity contribution is -0.145. The molecule has 2 bridgehead atoms. The largest absolute Gasteiger partial charge is 0.360 e. The minimum Gasteiger partial charge on any atom is -0.360 e. The number of hydrogen-bond donors (Lipinski definition) is 0. The van der Waals surface area contributed by atoms with Gasteiger partial charge in [0.15, 0.2) is 0 Å². The van der Waals surface area contributed by atoms with Crippen LogP contribution in [0, 0.1) is 11.8 Å². The van der Waals surface area contributed by atoms with E-state index in [2.05, 4.69) is 0 Å². The number of nitrogens with zero attached hydrogens (tertiary/aromatic N) is 3. The molecule has 5 rings (SSSR count). The molecule has 1 spiro atoms. The molecule has 4 heterocycles. The number of carbonyl (C=O) groups is 3. The zero-order chi connectivity index (χ0) is 18.8. The van der Waals surface area contributed by atoms with Gasteiger partial charge in [-0.05, 0) is 12.1 Å². The van der Waals surface area contributed by atoms with Gasteiger partial charge in [-0.2, -0.15) is 0 Å². The van der Waals surface area contributed by atoms with Crippen molar-refractivity contribution in [1.29, 1.82) is 0 Å². The molecule has 0 N–H and O–H groups in total. The first-order valence-electron chi connectivity index (χ1n) is 9.26. The van der Waals surface area contributed by atoms with Crippen LogP contribution in [0.3, 0.4) is 0 Å². The summed E-state index contributed by atoms with van der Waals surface area (Å²) in [6, 6.07) is 9.46. The summed E-state index contributed by atoms with van der Waals surface area (Å²) in [6.45, 7) is 1.42. The van der Waals surface area contributed by atoms with Crippen molar-refractivity contribution >= 4 is 23.4 Å². The molecule has 0 aliphatic carbocycles. The fourth-order valence-corrected chi connectivity index (χ4v) is 4.93. The van der Waals surface area contributed by atoms with Crippen molar-refractivity contribution in [3.8, 4) is 0 Å². The van der Waals surface area contributed by atoms with Crippen LogP contribution in [-0.4, -0.2) is 72.5 Å². The Hall–Kier alpha value is -2.67. The minimum absolute atomic E-state index is 0.0322. The van der Waals surface area contributed by atoms with Crippen molar-refractivity contribution in [2.75, 3.05) is 38.1 Å². The van der Waals surface area contributed by atoms with Crippen molar-refractivity contribution in [2.45, 2.75) is 11.7 Å². The maximum Gasteiger partial charge on any atom is 0.246 e. The topological polar surface area (TPSA) is 70.2 Å². The zero-order valence-corrected chi connectivity index (χ0v) is 15.1. The number of hydrogen-bond acceptors (Lipinski definition) is 4. The molecule has 4 aliphatic rings. The normalized spacial score (nSPS) is 34.6. The van der Waals surface area contributed by atoms with Gasteiger partial charge in [0.1, 0.15) is 12.1 Å². The molecule has 3 fully saturated rings. The van der Waals surface area contributed by atoms with Crippen molar-refractivity contribution < 1.29 is 19.1 Å². The molecule has 4 aliphatic heterocycles. The van der Waals surface area contributed by atoms with Crippen molar-refractivity contribution in [3.05, 3.63) is 42.5 Å². The first kappa shape index (κ1) is 16.5. The monoisotopic (exact) mass is 367 g/mol. The second-order valence-corrected chi connectivity index (χ2v) is 7.74. The van der Waals surface area contributed by atoms with Crippen LogP contribution >= 0.6 is 0 Å². The minimum atomic E-state index is -0.674. The molecule has 3 amide bonds. The number of piperazine rings is 1. The summed E-state index contributed by atoms with van der Waals surface area (Å²) >= 11 is 0. The summed E-state index contributed by atoms with van der Waals surface area (Å²) in [5.74, 6) is -1.32. The third kappa shape index (κ3) is 2.27. The second-order valence-electron chi connectivity index (χ2n) is 7.74. The quantitative estimate of drug-likeness (QED) is 0.704. The van der Waals surface area contributed by atoms with Gasteiger partial charge < -0.3 is 19.4 Å². The van der Waals surface area contributed by atoms with E-state index in [4.69, 9.17) is 4.74 Å². The lowest BCUT2D eigenvalue weighted by Gasteiger charge is -2.37. The van der Waals surface area contributed by atoms with Gasteiger partial charge in [0.05, 0.1) is 24.5 Å². The second kappa shape index (κ2) is 5.66. The average Bonchev–Trinajstić information content (AvgIpc) is 3.30. The predicted octanol–water partition coefficient (Wildman–Crippen LogP) is 0.274. The van der Waals surface area contributed by atoms with Gasteiger partial charge in [-0.1, -0.05) is 30.4 Å². The average molecular weight is 367 g/mol. The fraction of sp³-hybridized carbons (Fsp3) is 0.450. The van der Waals surface area contributed by atoms with Crippen LogP contribution in [0.15, 0.2) is 42.5 Å². The van der Waals surface area contributed by atoms with E-state index in [1.165, 1.54) is 0 Å². The number of anilines is 1. The Bertz CT molecular complexity index is 854. The highest BCUT2D eigenvalue weighted by atomic mass is 16.5. The molecule has 0 unspecified atom stereocenters. The molecule has 27 heavy (non-hydrogen) atoms. The molecule has 7 heteroatoms. The Morgan fingerprint density at radius 2 is 1.96 bits per heavy atom. The first-order valence-corrected chi connectivity index (χ1v) is 9.26. The number of rotatable bonds is 2. The Balaban J connectivity index is 1.35. The molecule has 7 nitrogen and oxygen atoms in total. The van der Waals surface area contributed by atoms with Gasteiger partial charge >= 0.3 is 0 Å². The standard InChI is InChI=1S/C20H21N3O4/c1-21-12-20-8-7-14(27-20)16(17(20)19(21)26)18(25)22-9-10-23(15(24)11-22)13-5-3-2-4-6-13/h2-8,14,16-17H,9-12H2,1H3/t14-,16-,17+,20-/m0/s1. The third-order valence-electron chi connectivity index (χ3n) is 6.17. The zero-order valence-electron chi connectivity index (χ0n) is 15.1. The van der Waals surface area contributed by atoms with Crippen LogP contribution in [0.25, 0.3) is 0 Å². The maximum atomic E-state index is 13.2. The van der Waals surface area contributed by atoms with E-state index < -0.39 is 17.4 Å². The summed E-state index contributed by atoms with van der Waals surface area (Å²) in [7, 11) is 1.74. The number of ether oxygens (including phenoxy) is 1. The number of benzene rings is 1. The molecular formula is C20H21N3O4. The molecule has 140 valence electrons. The number of likely N-dealkylation sites (N-methyl/N-ethyl adjacent to an activating group) is 1. The Kier molecular flexibility index (Phi) is 3.46. The molecule has 1 aromatic carbocycles. The Morgan fingerprint density at radius 1 is 1.19 bits per heavy atom. The van der Waals surface area contributed by atoms with Crippen LogP contribution in [0.4, 0.5) is 5.69 Å². The van der Waals surface area contributed by atoms with Crippen LogP contribution in [0.2, 0.25) is 0 Å². The SMILES string of the molecule is CN1C[C@]23C=C[C@H](O2)[C@H](C(=O)N2CCN(c4ccccc4)C(=O)C2)[C@@H]3C1=O. The fourth-order valence-electron chi connectivity index (χ4n) is 4.93. The number of carbonyl (C=O) groups excluding carboxylic acids is 3. The Morgan fingerprint density at radius 3 is 2.70 bits per heavy atom. The molecule has 1 aromatic rings. The van der Waals surface area contributed by atoms with E-state index in [-0.39, 0.29) is 30.4 Å². The van der Waals surface area contributed by atoms with Crippen molar-refractivity contribution in [1.82, 2.24) is 9.80 Å². The summed E-state index contributed by atoms with van der Waals surface area (Å²) < 4.78 is 6.05. The predicted molar refractivity (Wildman–Crippen MR) is 96.7 cm³/mol. The number of amides is 3. The molecule has 0 aromatic heterocycles. The number of likely N-dealkylation sites (tertiary alicyclic amines) is 1. The van der Waals surface area contributed by atoms with Crippen LogP contribution in [-0.2, 0) is 19.1 Å². The van der Waals surface area contributed by atoms with Gasteiger partial charge in [-0.25, -0.2) is 0 Å². The molecule has 4 atom stereocenters. The van der Waals surface area contributed by atoms with Crippen LogP contribution in [0.1, 0.15) is 0 Å². The van der Waals surface area contributed by atoms with E-state index >= 15 is 0 Å². The lowest BCUT2D eigenvalue weighted by Crippen LogP contribution is -2.55. The van der Waals surface area contributed by atoms with Gasteiger partial charge in [0.25, 0.3) is 0 Å². The number of para-hydroxylation sites is 1. The number of fused-ring (bicyclic) bond motifs is 1. The van der Waals surface area contributed by atoms with Gasteiger partial charge in [0.2, 0.25) is 17.7 Å². The third-order valence-corrected chi connectivity index (χ3v) is 6.17. The van der Waals surface area contributed by atoms with E-state index in [0.717, 1.165) is 5.69 Å². The molecular weight excluding hydrogens is 346 g/mol. The highest BCUT2D eigenvalue weighted by molar-refractivity contribution is 5.99. The summed E-state index contributed by atoms with van der Waals surface area (Å²) in [4.78, 5) is 43.4. The highest BCUT2D eigenvalue weighted by Gasteiger charge is 2.66. The highest BCUT2D eigenvalue weighted by Crippen LogP contribution is 2.52. The summed E-state index contributed by atoms with van der Waals surface area (Å²) in [6.07, 6.45) is 3.46. The van der Waals surface area contributed by atoms with E-state index in [0.29, 0.717) is 19.6 Å². The van der Waals surface area contributed by atoms with Gasteiger partial charge in [-0.15, -0.1) is 0 Å². The van der Waals surface area contributed by atoms with Crippen molar-refractivity contribution in [2.24, 2.45) is 11.8 Å². The smallest absolute Gasteiger partial charge is 0.246 e. The van der Waals surface area contributed by atoms with E-state index in [1.54, 1.807) is 21.7 Å². The molecule has 0 radical (unpaired) electrons. The Labute approximate surface area is 157 Å². The van der Waals surface area contributed by atoms with Crippen molar-refractivity contribution in [3.63, 3.8) is 0 Å². The molecule has 0 saturated carbocycles.